The van der Waals surface area contributed by atoms with Crippen LogP contribution >= 0.6 is 0 Å². The van der Waals surface area contributed by atoms with Crippen molar-refractivity contribution in [2.45, 2.75) is 96.5 Å². The molecule has 5 unspecified atom stereocenters. The van der Waals surface area contributed by atoms with E-state index in [0.717, 1.165) is 0 Å². The summed E-state index contributed by atoms with van der Waals surface area (Å²) in [6, 6.07) is 0. The van der Waals surface area contributed by atoms with Crippen LogP contribution in [0.4, 0.5) is 4.39 Å². The first-order valence-electron chi connectivity index (χ1n) is 12.4. The van der Waals surface area contributed by atoms with Gasteiger partial charge in [0.2, 0.25) is 5.78 Å². The van der Waals surface area contributed by atoms with Crippen LogP contribution in [0, 0.1) is 28.6 Å². The fourth-order valence-corrected chi connectivity index (χ4v) is 8.56. The van der Waals surface area contributed by atoms with Gasteiger partial charge >= 0.3 is 5.97 Å². The smallest absolute Gasteiger partial charge is 0.303 e. The third-order valence-corrected chi connectivity index (χ3v) is 9.69. The van der Waals surface area contributed by atoms with E-state index in [4.69, 9.17) is 14.2 Å². The van der Waals surface area contributed by atoms with Gasteiger partial charge < -0.3 is 19.3 Å². The zero-order valence-electron chi connectivity index (χ0n) is 20.6. The zero-order chi connectivity index (χ0) is 24.8. The van der Waals surface area contributed by atoms with E-state index in [0.29, 0.717) is 24.8 Å². The number of rotatable bonds is 3. The summed E-state index contributed by atoms with van der Waals surface area (Å²) < 4.78 is 33.3. The van der Waals surface area contributed by atoms with Crippen LogP contribution in [-0.4, -0.2) is 59.0 Å². The molecule has 1 aliphatic heterocycles. The number of carbonyl (C=O) groups excluding carboxylic acids is 3. The first-order valence-corrected chi connectivity index (χ1v) is 12.4. The number of ether oxygens (including phenoxy) is 3. The highest BCUT2D eigenvalue weighted by molar-refractivity contribution is 5.93. The maximum Gasteiger partial charge on any atom is 0.303 e. The predicted molar refractivity (Wildman–Crippen MR) is 118 cm³/mol. The van der Waals surface area contributed by atoms with Crippen molar-refractivity contribution in [3.63, 3.8) is 0 Å². The Morgan fingerprint density at radius 2 is 1.94 bits per heavy atom. The van der Waals surface area contributed by atoms with Gasteiger partial charge in [0, 0.05) is 18.8 Å². The summed E-state index contributed by atoms with van der Waals surface area (Å²) in [5.41, 5.74) is -2.32. The van der Waals surface area contributed by atoms with Gasteiger partial charge in [-0.1, -0.05) is 13.8 Å². The fraction of sp³-hybridized carbons (Fsp3) is 0.808. The first kappa shape index (κ1) is 24.1. The number of hydrogen-bond acceptors (Lipinski definition) is 7. The van der Waals surface area contributed by atoms with Crippen molar-refractivity contribution in [2.24, 2.45) is 28.6 Å². The Kier molecular flexibility index (Phi) is 5.26. The highest BCUT2D eigenvalue weighted by atomic mass is 19.1. The lowest BCUT2D eigenvalue weighted by Crippen LogP contribution is -2.65. The van der Waals surface area contributed by atoms with Crippen molar-refractivity contribution in [2.75, 3.05) is 6.61 Å². The van der Waals surface area contributed by atoms with Crippen LogP contribution in [0.15, 0.2) is 11.6 Å². The average molecular weight is 479 g/mol. The molecule has 188 valence electrons. The monoisotopic (exact) mass is 478 g/mol. The Hall–Kier alpha value is -1.64. The van der Waals surface area contributed by atoms with Gasteiger partial charge in [-0.3, -0.25) is 14.4 Å². The second-order valence-electron chi connectivity index (χ2n) is 12.0. The topological polar surface area (TPSA) is 99.1 Å². The van der Waals surface area contributed by atoms with Gasteiger partial charge in [0.15, 0.2) is 23.8 Å². The lowest BCUT2D eigenvalue weighted by Gasteiger charge is -2.61. The van der Waals surface area contributed by atoms with E-state index in [1.807, 2.05) is 13.8 Å². The van der Waals surface area contributed by atoms with Crippen LogP contribution in [0.1, 0.15) is 66.7 Å². The predicted octanol–water partition coefficient (Wildman–Crippen LogP) is 3.07. The van der Waals surface area contributed by atoms with Gasteiger partial charge in [-0.25, -0.2) is 4.39 Å². The minimum absolute atomic E-state index is 0.0573. The molecule has 0 aromatic rings. The number of aliphatic hydroxyl groups is 1. The van der Waals surface area contributed by atoms with E-state index in [1.54, 1.807) is 13.8 Å². The van der Waals surface area contributed by atoms with Gasteiger partial charge in [0.25, 0.3) is 0 Å². The van der Waals surface area contributed by atoms with E-state index < -0.39 is 53.2 Å². The average Bonchev–Trinajstić information content (AvgIpc) is 3.13. The maximum absolute atomic E-state index is 15.6. The Balaban J connectivity index is 1.57. The summed E-state index contributed by atoms with van der Waals surface area (Å²) >= 11 is 0. The number of carbonyl (C=O) groups is 3. The van der Waals surface area contributed by atoms with Crippen LogP contribution in [0.25, 0.3) is 0 Å². The van der Waals surface area contributed by atoms with Crippen LogP contribution in [0.3, 0.4) is 0 Å². The largest absolute Gasteiger partial charge is 0.458 e. The third-order valence-electron chi connectivity index (χ3n) is 9.69. The van der Waals surface area contributed by atoms with Crippen molar-refractivity contribution in [3.8, 4) is 0 Å². The first-order chi connectivity index (χ1) is 15.7. The zero-order valence-corrected chi connectivity index (χ0v) is 20.6. The summed E-state index contributed by atoms with van der Waals surface area (Å²) in [6.45, 7) is 8.24. The molecule has 0 radical (unpaired) electrons. The molecule has 0 aromatic heterocycles. The summed E-state index contributed by atoms with van der Waals surface area (Å²) in [6.07, 6.45) is 0.657. The lowest BCUT2D eigenvalue weighted by atomic mass is 9.45. The SMILES string of the molecule is CC(=O)OCC(=O)[C@@]12OC(C)(C)O[C@@H]1CC1C3C[C@H](F)C4=CC(=O)CCC4(C)[C@H]3C(O)CC12C. The highest BCUT2D eigenvalue weighted by Crippen LogP contribution is 2.70. The minimum Gasteiger partial charge on any atom is -0.458 e. The van der Waals surface area contributed by atoms with Crippen LogP contribution in [0.5, 0.6) is 0 Å². The molecule has 5 aliphatic rings. The normalized spacial score (nSPS) is 48.8. The molecule has 1 saturated heterocycles. The Bertz CT molecular complexity index is 974. The molecule has 9 atom stereocenters. The lowest BCUT2D eigenvalue weighted by molar-refractivity contribution is -0.229. The minimum atomic E-state index is -1.39. The molecule has 7 nitrogen and oxygen atoms in total. The maximum atomic E-state index is 15.6. The molecule has 4 aliphatic carbocycles. The Morgan fingerprint density at radius 3 is 2.62 bits per heavy atom. The summed E-state index contributed by atoms with van der Waals surface area (Å²) in [5, 5.41) is 11.6. The number of allylic oxidation sites excluding steroid dienone is 1. The van der Waals surface area contributed by atoms with Gasteiger partial charge in [0.1, 0.15) is 6.17 Å². The number of aliphatic hydroxyl groups excluding tert-OH is 1. The van der Waals surface area contributed by atoms with E-state index in [9.17, 15) is 19.5 Å². The molecular formula is C26H35FO7. The molecule has 3 saturated carbocycles. The molecule has 34 heavy (non-hydrogen) atoms. The van der Waals surface area contributed by atoms with E-state index in [1.165, 1.54) is 13.0 Å². The molecule has 0 amide bonds. The van der Waals surface area contributed by atoms with Crippen molar-refractivity contribution >= 4 is 17.5 Å². The molecule has 8 heteroatoms. The second-order valence-corrected chi connectivity index (χ2v) is 12.0. The number of hydrogen-bond donors (Lipinski definition) is 1. The fourth-order valence-electron chi connectivity index (χ4n) is 8.56. The number of halogens is 1. The summed E-state index contributed by atoms with van der Waals surface area (Å²) in [7, 11) is 0. The van der Waals surface area contributed by atoms with E-state index >= 15 is 4.39 Å². The van der Waals surface area contributed by atoms with Crippen LogP contribution in [-0.2, 0) is 28.6 Å². The third kappa shape index (κ3) is 3.07. The van der Waals surface area contributed by atoms with Gasteiger partial charge in [-0.05, 0) is 74.3 Å². The number of esters is 1. The van der Waals surface area contributed by atoms with Crippen molar-refractivity contribution in [1.82, 2.24) is 0 Å². The van der Waals surface area contributed by atoms with Crippen LogP contribution in [0.2, 0.25) is 0 Å². The molecular weight excluding hydrogens is 443 g/mol. The standard InChI is InChI=1S/C26H35FO7/c1-13(28)32-12-20(31)26-21(33-23(2,3)34-26)10-16-15-9-18(27)17-8-14(29)6-7-24(17,4)22(15)19(30)11-25(16,26)5/h8,15-16,18-19,21-22,30H,6-7,9-12H2,1-5H3/t15?,16?,18-,19?,21+,22+,24?,25?,26+/m0/s1. The molecule has 0 aromatic carbocycles. The Morgan fingerprint density at radius 1 is 1.24 bits per heavy atom. The molecule has 0 bridgehead atoms. The molecule has 5 rings (SSSR count). The van der Waals surface area contributed by atoms with Gasteiger partial charge in [-0.2, -0.15) is 0 Å². The quantitative estimate of drug-likeness (QED) is 0.623. The van der Waals surface area contributed by atoms with Gasteiger partial charge in [-0.15, -0.1) is 0 Å². The second kappa shape index (κ2) is 7.43. The van der Waals surface area contributed by atoms with Crippen molar-refractivity contribution in [3.05, 3.63) is 11.6 Å². The molecule has 1 N–H and O–H groups in total. The summed E-state index contributed by atoms with van der Waals surface area (Å²) in [4.78, 5) is 37.2. The molecule has 4 fully saturated rings. The number of fused-ring (bicyclic) bond motifs is 7. The number of Topliss-reactive ketones (excluding diaryl/α,β-unsaturated/α-hetero) is 1. The number of alkyl halides is 1. The van der Waals surface area contributed by atoms with Crippen molar-refractivity contribution in [1.29, 1.82) is 0 Å². The van der Waals surface area contributed by atoms with Crippen LogP contribution < -0.4 is 0 Å². The number of ketones is 2. The van der Waals surface area contributed by atoms with Gasteiger partial charge in [0.05, 0.1) is 12.2 Å². The Labute approximate surface area is 199 Å². The van der Waals surface area contributed by atoms with E-state index in [-0.39, 0.29) is 42.2 Å². The summed E-state index contributed by atoms with van der Waals surface area (Å²) in [5.74, 6) is -2.56. The van der Waals surface area contributed by atoms with E-state index in [2.05, 4.69) is 0 Å². The van der Waals surface area contributed by atoms with Crippen molar-refractivity contribution < 1.29 is 38.1 Å². The molecule has 1 heterocycles. The molecule has 0 spiro atoms. The highest BCUT2D eigenvalue weighted by Gasteiger charge is 2.77.